The van der Waals surface area contributed by atoms with Crippen molar-refractivity contribution >= 4 is 23.5 Å². The van der Waals surface area contributed by atoms with Crippen molar-refractivity contribution in [2.24, 2.45) is 5.10 Å². The molecule has 0 aliphatic rings. The smallest absolute Gasteiger partial charge is 0.318 e. The van der Waals surface area contributed by atoms with E-state index in [1.165, 1.54) is 12.3 Å². The van der Waals surface area contributed by atoms with E-state index >= 15 is 0 Å². The average Bonchev–Trinajstić information content (AvgIpc) is 2.98. The number of hydrogen-bond acceptors (Lipinski definition) is 9. The molecule has 12 heteroatoms. The molecule has 0 saturated heterocycles. The van der Waals surface area contributed by atoms with Crippen molar-refractivity contribution in [1.29, 1.82) is 0 Å². The topological polar surface area (TPSA) is 155 Å². The number of carbonyl (C=O) groups is 1. The molecule has 0 spiro atoms. The van der Waals surface area contributed by atoms with E-state index in [4.69, 9.17) is 14.2 Å². The van der Waals surface area contributed by atoms with Gasteiger partial charge in [0.15, 0.2) is 18.1 Å². The summed E-state index contributed by atoms with van der Waals surface area (Å²) in [4.78, 5) is 33.1. The summed E-state index contributed by atoms with van der Waals surface area (Å²) < 4.78 is 16.8. The van der Waals surface area contributed by atoms with Crippen LogP contribution in [-0.2, 0) is 4.79 Å². The van der Waals surface area contributed by atoms with Crippen LogP contribution in [0.5, 0.6) is 23.0 Å². The Kier molecular flexibility index (Phi) is 9.18. The first-order chi connectivity index (χ1) is 19.8. The van der Waals surface area contributed by atoms with Crippen LogP contribution in [0.3, 0.4) is 0 Å². The molecule has 0 unspecified atom stereocenters. The lowest BCUT2D eigenvalue weighted by Gasteiger charge is -2.12. The van der Waals surface area contributed by atoms with Gasteiger partial charge in [-0.25, -0.2) is 5.43 Å². The van der Waals surface area contributed by atoms with Gasteiger partial charge in [0.1, 0.15) is 5.75 Å². The van der Waals surface area contributed by atoms with Crippen molar-refractivity contribution in [3.63, 3.8) is 0 Å². The zero-order valence-electron chi connectivity index (χ0n) is 21.8. The standard InChI is InChI=1S/C29H24N4O8/c1-2-39-28-16-20(8-14-27(28)41-26-15-11-23(32(35)36)17-25(26)33(37)38)18-30-31-29(34)19-40-24-12-9-22(10-13-24)21-6-4-3-5-7-21/h3-18H,2,19H2,1H3,(H,31,34)/b30-18+. The van der Waals surface area contributed by atoms with Gasteiger partial charge in [-0.1, -0.05) is 42.5 Å². The van der Waals surface area contributed by atoms with Crippen LogP contribution >= 0.6 is 0 Å². The van der Waals surface area contributed by atoms with Crippen LogP contribution in [0.25, 0.3) is 11.1 Å². The quantitative estimate of drug-likeness (QED) is 0.129. The molecule has 0 aromatic heterocycles. The molecule has 0 atom stereocenters. The zero-order valence-corrected chi connectivity index (χ0v) is 21.8. The van der Waals surface area contributed by atoms with Gasteiger partial charge in [0.05, 0.1) is 28.7 Å². The van der Waals surface area contributed by atoms with Crippen molar-refractivity contribution in [3.8, 4) is 34.1 Å². The predicted octanol–water partition coefficient (Wildman–Crippen LogP) is 5.89. The molecule has 208 valence electrons. The Morgan fingerprint density at radius 1 is 0.829 bits per heavy atom. The Balaban J connectivity index is 1.36. The molecule has 12 nitrogen and oxygen atoms in total. The molecule has 0 radical (unpaired) electrons. The van der Waals surface area contributed by atoms with Gasteiger partial charge < -0.3 is 14.2 Å². The SMILES string of the molecule is CCOc1cc(/C=N/NC(=O)COc2ccc(-c3ccccc3)cc2)ccc1Oc1ccc([N+](=O)[O-])cc1[N+](=O)[O-]. The Morgan fingerprint density at radius 3 is 2.22 bits per heavy atom. The van der Waals surface area contributed by atoms with Gasteiger partial charge in [-0.2, -0.15) is 5.10 Å². The average molecular weight is 557 g/mol. The summed E-state index contributed by atoms with van der Waals surface area (Å²) in [6, 6.07) is 25.0. The molecule has 0 fully saturated rings. The minimum atomic E-state index is -0.768. The lowest BCUT2D eigenvalue weighted by Crippen LogP contribution is -2.24. The third-order valence-corrected chi connectivity index (χ3v) is 5.57. The summed E-state index contributed by atoms with van der Waals surface area (Å²) >= 11 is 0. The van der Waals surface area contributed by atoms with Gasteiger partial charge in [0.2, 0.25) is 5.75 Å². The number of hydrazone groups is 1. The first kappa shape index (κ1) is 28.2. The molecule has 41 heavy (non-hydrogen) atoms. The lowest BCUT2D eigenvalue weighted by atomic mass is 10.1. The van der Waals surface area contributed by atoms with Crippen LogP contribution in [-0.4, -0.2) is 35.2 Å². The zero-order chi connectivity index (χ0) is 29.2. The number of rotatable bonds is 12. The van der Waals surface area contributed by atoms with E-state index in [1.54, 1.807) is 31.2 Å². The monoisotopic (exact) mass is 556 g/mol. The maximum Gasteiger partial charge on any atom is 0.318 e. The van der Waals surface area contributed by atoms with Gasteiger partial charge >= 0.3 is 5.69 Å². The van der Waals surface area contributed by atoms with E-state index < -0.39 is 27.1 Å². The van der Waals surface area contributed by atoms with Crippen molar-refractivity contribution in [3.05, 3.63) is 117 Å². The molecule has 0 saturated carbocycles. The normalized spacial score (nSPS) is 10.7. The van der Waals surface area contributed by atoms with Crippen molar-refractivity contribution in [1.82, 2.24) is 5.43 Å². The highest BCUT2D eigenvalue weighted by Gasteiger charge is 2.22. The molecular formula is C29H24N4O8. The molecular weight excluding hydrogens is 532 g/mol. The van der Waals surface area contributed by atoms with Crippen LogP contribution in [0.15, 0.2) is 96.1 Å². The van der Waals surface area contributed by atoms with Crippen molar-refractivity contribution in [2.75, 3.05) is 13.2 Å². The van der Waals surface area contributed by atoms with Gasteiger partial charge in [0, 0.05) is 6.07 Å². The maximum atomic E-state index is 12.2. The molecule has 1 amide bonds. The third kappa shape index (κ3) is 7.63. The number of hydrogen-bond donors (Lipinski definition) is 1. The molecule has 0 bridgehead atoms. The molecule has 0 aliphatic heterocycles. The largest absolute Gasteiger partial charge is 0.490 e. The number of nitro benzene ring substituents is 2. The summed E-state index contributed by atoms with van der Waals surface area (Å²) in [6.07, 6.45) is 1.38. The molecule has 4 aromatic rings. The van der Waals surface area contributed by atoms with Crippen molar-refractivity contribution < 1.29 is 28.9 Å². The van der Waals surface area contributed by atoms with Gasteiger partial charge in [-0.15, -0.1) is 0 Å². The minimum Gasteiger partial charge on any atom is -0.490 e. The summed E-state index contributed by atoms with van der Waals surface area (Å²) in [7, 11) is 0. The van der Waals surface area contributed by atoms with E-state index in [2.05, 4.69) is 10.5 Å². The predicted molar refractivity (Wildman–Crippen MR) is 151 cm³/mol. The summed E-state index contributed by atoms with van der Waals surface area (Å²) in [5.41, 5.74) is 4.02. The van der Waals surface area contributed by atoms with E-state index in [1.807, 2.05) is 42.5 Å². The summed E-state index contributed by atoms with van der Waals surface area (Å²) in [5, 5.41) is 26.3. The Bertz CT molecular complexity index is 1570. The molecule has 0 heterocycles. The highest BCUT2D eigenvalue weighted by atomic mass is 16.6. The first-order valence-electron chi connectivity index (χ1n) is 12.3. The number of carbonyl (C=O) groups excluding carboxylic acids is 1. The van der Waals surface area contributed by atoms with E-state index in [-0.39, 0.29) is 30.5 Å². The maximum absolute atomic E-state index is 12.2. The number of benzene rings is 4. The fourth-order valence-electron chi connectivity index (χ4n) is 3.66. The van der Waals surface area contributed by atoms with Gasteiger partial charge in [0.25, 0.3) is 11.6 Å². The number of ether oxygens (including phenoxy) is 3. The first-order valence-corrected chi connectivity index (χ1v) is 12.3. The second kappa shape index (κ2) is 13.3. The Labute approximate surface area is 234 Å². The fraction of sp³-hybridized carbons (Fsp3) is 0.103. The fourth-order valence-corrected chi connectivity index (χ4v) is 3.66. The van der Waals surface area contributed by atoms with Crippen LogP contribution < -0.4 is 19.6 Å². The van der Waals surface area contributed by atoms with Gasteiger partial charge in [-0.05, 0) is 60.0 Å². The van der Waals surface area contributed by atoms with E-state index in [9.17, 15) is 25.0 Å². The molecule has 4 rings (SSSR count). The van der Waals surface area contributed by atoms with Crippen LogP contribution in [0.4, 0.5) is 11.4 Å². The Hall–Kier alpha value is -5.78. The third-order valence-electron chi connectivity index (χ3n) is 5.57. The minimum absolute atomic E-state index is 0.150. The van der Waals surface area contributed by atoms with Crippen LogP contribution in [0.1, 0.15) is 12.5 Å². The summed E-state index contributed by atoms with van der Waals surface area (Å²) in [5.74, 6) is 0.275. The van der Waals surface area contributed by atoms with Crippen LogP contribution in [0.2, 0.25) is 0 Å². The highest BCUT2D eigenvalue weighted by Crippen LogP contribution is 2.38. The number of nitrogens with zero attached hydrogens (tertiary/aromatic N) is 3. The molecule has 0 aliphatic carbocycles. The van der Waals surface area contributed by atoms with Crippen molar-refractivity contribution in [2.45, 2.75) is 6.92 Å². The molecule has 1 N–H and O–H groups in total. The Morgan fingerprint density at radius 2 is 1.54 bits per heavy atom. The van der Waals surface area contributed by atoms with E-state index in [0.717, 1.165) is 29.3 Å². The second-order valence-electron chi connectivity index (χ2n) is 8.38. The highest BCUT2D eigenvalue weighted by molar-refractivity contribution is 5.83. The van der Waals surface area contributed by atoms with Gasteiger partial charge in [-0.3, -0.25) is 25.0 Å². The van der Waals surface area contributed by atoms with Crippen LogP contribution in [0, 0.1) is 20.2 Å². The summed E-state index contributed by atoms with van der Waals surface area (Å²) in [6.45, 7) is 1.76. The number of amides is 1. The number of nitrogens with one attached hydrogen (secondary N) is 1. The molecule has 4 aromatic carbocycles. The lowest BCUT2D eigenvalue weighted by molar-refractivity contribution is -0.394. The number of nitro groups is 2. The van der Waals surface area contributed by atoms with E-state index in [0.29, 0.717) is 11.3 Å². The number of non-ortho nitro benzene ring substituents is 1. The second-order valence-corrected chi connectivity index (χ2v) is 8.38.